The quantitative estimate of drug-likeness (QED) is 0.758. The molecule has 0 amide bonds. The van der Waals surface area contributed by atoms with Crippen LogP contribution in [-0.2, 0) is 4.74 Å². The van der Waals surface area contributed by atoms with Gasteiger partial charge in [0.2, 0.25) is 0 Å². The van der Waals surface area contributed by atoms with Crippen molar-refractivity contribution in [1.82, 2.24) is 5.32 Å². The molecule has 1 N–H and O–H groups in total. The Kier molecular flexibility index (Phi) is 5.53. The number of ether oxygens (including phenoxy) is 1. The molecule has 1 saturated heterocycles. The van der Waals surface area contributed by atoms with Crippen LogP contribution in [0.5, 0.6) is 0 Å². The molecule has 1 fully saturated rings. The Balaban J connectivity index is 2.00. The summed E-state index contributed by atoms with van der Waals surface area (Å²) in [5.74, 6) is 0.702. The maximum absolute atomic E-state index is 5.66. The molecule has 0 radical (unpaired) electrons. The van der Waals surface area contributed by atoms with Crippen LogP contribution in [0.3, 0.4) is 0 Å². The molecule has 0 aromatic heterocycles. The van der Waals surface area contributed by atoms with Crippen molar-refractivity contribution in [3.8, 4) is 0 Å². The van der Waals surface area contributed by atoms with Gasteiger partial charge in [0.1, 0.15) is 0 Å². The number of rotatable bonds is 4. The molecule has 1 heterocycles. The van der Waals surface area contributed by atoms with E-state index < -0.39 is 0 Å². The van der Waals surface area contributed by atoms with Gasteiger partial charge in [-0.25, -0.2) is 0 Å². The second kappa shape index (κ2) is 7.17. The lowest BCUT2D eigenvalue weighted by Gasteiger charge is -2.32. The smallest absolute Gasteiger partial charge is 0.0512 e. The summed E-state index contributed by atoms with van der Waals surface area (Å²) in [4.78, 5) is 0. The summed E-state index contributed by atoms with van der Waals surface area (Å²) in [6.07, 6.45) is 11.8. The first kappa shape index (κ1) is 13.1. The van der Waals surface area contributed by atoms with Crippen molar-refractivity contribution in [2.45, 2.75) is 57.9 Å². The zero-order valence-corrected chi connectivity index (χ0v) is 11.2. The normalized spacial score (nSPS) is 28.3. The number of likely N-dealkylation sites (N-methyl/N-ethyl adjacent to an activating group) is 1. The molecule has 2 unspecified atom stereocenters. The van der Waals surface area contributed by atoms with Crippen LogP contribution in [0.2, 0.25) is 0 Å². The van der Waals surface area contributed by atoms with E-state index in [1.54, 1.807) is 5.57 Å². The third kappa shape index (κ3) is 3.82. The van der Waals surface area contributed by atoms with Crippen molar-refractivity contribution >= 4 is 0 Å². The van der Waals surface area contributed by atoms with Crippen molar-refractivity contribution in [3.05, 3.63) is 11.6 Å². The first-order valence-electron chi connectivity index (χ1n) is 7.42. The molecular weight excluding hydrogens is 210 g/mol. The fourth-order valence-corrected chi connectivity index (χ4v) is 3.17. The van der Waals surface area contributed by atoms with Gasteiger partial charge in [-0.15, -0.1) is 0 Å². The lowest BCUT2D eigenvalue weighted by Crippen LogP contribution is -2.41. The Hall–Kier alpha value is -0.340. The Bertz CT molecular complexity index is 243. The number of nitrogens with one attached hydrogen (secondary N) is 1. The fourth-order valence-electron chi connectivity index (χ4n) is 3.17. The van der Waals surface area contributed by atoms with Gasteiger partial charge in [-0.2, -0.15) is 0 Å². The van der Waals surface area contributed by atoms with Crippen LogP contribution < -0.4 is 5.32 Å². The van der Waals surface area contributed by atoms with Crippen molar-refractivity contribution in [2.75, 3.05) is 19.8 Å². The second-order valence-electron chi connectivity index (χ2n) is 5.39. The molecule has 0 bridgehead atoms. The molecule has 1 aliphatic carbocycles. The Morgan fingerprint density at radius 3 is 3.06 bits per heavy atom. The largest absolute Gasteiger partial charge is 0.381 e. The molecule has 0 aromatic carbocycles. The zero-order chi connectivity index (χ0) is 11.9. The van der Waals surface area contributed by atoms with E-state index in [1.165, 1.54) is 44.9 Å². The molecule has 0 saturated carbocycles. The monoisotopic (exact) mass is 237 g/mol. The highest BCUT2D eigenvalue weighted by Gasteiger charge is 2.26. The topological polar surface area (TPSA) is 21.3 Å². The second-order valence-corrected chi connectivity index (χ2v) is 5.39. The van der Waals surface area contributed by atoms with Gasteiger partial charge in [-0.1, -0.05) is 25.0 Å². The predicted molar refractivity (Wildman–Crippen MR) is 72.2 cm³/mol. The summed E-state index contributed by atoms with van der Waals surface area (Å²) in [7, 11) is 0. The first-order chi connectivity index (χ1) is 8.42. The lowest BCUT2D eigenvalue weighted by molar-refractivity contribution is 0.0441. The van der Waals surface area contributed by atoms with Crippen LogP contribution in [0.1, 0.15) is 51.9 Å². The lowest BCUT2D eigenvalue weighted by atomic mass is 9.86. The van der Waals surface area contributed by atoms with Crippen molar-refractivity contribution < 1.29 is 4.74 Å². The van der Waals surface area contributed by atoms with Crippen LogP contribution in [0.15, 0.2) is 11.6 Å². The van der Waals surface area contributed by atoms with E-state index >= 15 is 0 Å². The highest BCUT2D eigenvalue weighted by atomic mass is 16.5. The maximum atomic E-state index is 5.66. The maximum Gasteiger partial charge on any atom is 0.0512 e. The molecule has 2 aliphatic rings. The molecule has 2 rings (SSSR count). The van der Waals surface area contributed by atoms with E-state index in [2.05, 4.69) is 18.3 Å². The summed E-state index contributed by atoms with van der Waals surface area (Å²) in [5, 5.41) is 3.70. The van der Waals surface area contributed by atoms with Gasteiger partial charge in [0.05, 0.1) is 6.61 Å². The van der Waals surface area contributed by atoms with Gasteiger partial charge in [0.15, 0.2) is 0 Å². The van der Waals surface area contributed by atoms with E-state index in [-0.39, 0.29) is 0 Å². The van der Waals surface area contributed by atoms with Crippen LogP contribution in [0.25, 0.3) is 0 Å². The number of allylic oxidation sites excluding steroid dienone is 1. The van der Waals surface area contributed by atoms with Crippen LogP contribution >= 0.6 is 0 Å². The van der Waals surface area contributed by atoms with Gasteiger partial charge in [0, 0.05) is 18.6 Å². The highest BCUT2D eigenvalue weighted by Crippen LogP contribution is 2.27. The van der Waals surface area contributed by atoms with E-state index in [0.717, 1.165) is 19.8 Å². The molecule has 2 nitrogen and oxygen atoms in total. The Morgan fingerprint density at radius 1 is 1.35 bits per heavy atom. The summed E-state index contributed by atoms with van der Waals surface area (Å²) in [6.45, 7) is 5.20. The average molecular weight is 237 g/mol. The van der Waals surface area contributed by atoms with E-state index in [0.29, 0.717) is 12.0 Å². The minimum atomic E-state index is 0.582. The number of hydrogen-bond donors (Lipinski definition) is 1. The Morgan fingerprint density at radius 2 is 2.29 bits per heavy atom. The Labute approximate surface area is 106 Å². The zero-order valence-electron chi connectivity index (χ0n) is 11.2. The first-order valence-corrected chi connectivity index (χ1v) is 7.42. The summed E-state index contributed by atoms with van der Waals surface area (Å²) in [6, 6.07) is 0.582. The third-order valence-corrected chi connectivity index (χ3v) is 4.07. The van der Waals surface area contributed by atoms with E-state index in [1.807, 2.05) is 0 Å². The predicted octanol–water partition coefficient (Wildman–Crippen LogP) is 3.28. The molecule has 2 atom stereocenters. The molecular formula is C15H27NO. The van der Waals surface area contributed by atoms with Crippen LogP contribution in [-0.4, -0.2) is 25.8 Å². The minimum absolute atomic E-state index is 0.582. The number of hydrogen-bond acceptors (Lipinski definition) is 2. The van der Waals surface area contributed by atoms with Gasteiger partial charge < -0.3 is 10.1 Å². The van der Waals surface area contributed by atoms with Gasteiger partial charge in [0.25, 0.3) is 0 Å². The van der Waals surface area contributed by atoms with Crippen LogP contribution in [0, 0.1) is 5.92 Å². The van der Waals surface area contributed by atoms with E-state index in [4.69, 9.17) is 4.74 Å². The summed E-state index contributed by atoms with van der Waals surface area (Å²) < 4.78 is 5.66. The average Bonchev–Trinajstić information content (AvgIpc) is 2.66. The molecule has 17 heavy (non-hydrogen) atoms. The van der Waals surface area contributed by atoms with Gasteiger partial charge in [-0.05, 0) is 45.1 Å². The third-order valence-electron chi connectivity index (χ3n) is 4.07. The fraction of sp³-hybridized carbons (Fsp3) is 0.867. The van der Waals surface area contributed by atoms with Crippen molar-refractivity contribution in [3.63, 3.8) is 0 Å². The minimum Gasteiger partial charge on any atom is -0.381 e. The van der Waals surface area contributed by atoms with Gasteiger partial charge >= 0.3 is 0 Å². The highest BCUT2D eigenvalue weighted by molar-refractivity contribution is 5.14. The van der Waals surface area contributed by atoms with Crippen molar-refractivity contribution in [2.24, 2.45) is 5.92 Å². The molecule has 1 aliphatic heterocycles. The summed E-state index contributed by atoms with van der Waals surface area (Å²) >= 11 is 0. The molecule has 98 valence electrons. The standard InChI is InChI=1S/C15H27NO/c1-2-16-15(14-10-7-11-17-12-14)13-8-5-3-4-6-9-13/h8,14-16H,2-7,9-12H2,1H3. The SMILES string of the molecule is CCNC(C1=CCCCCC1)C1CCCOC1. The molecule has 2 heteroatoms. The molecule has 0 aromatic rings. The summed E-state index contributed by atoms with van der Waals surface area (Å²) in [5.41, 5.74) is 1.67. The van der Waals surface area contributed by atoms with Gasteiger partial charge in [-0.3, -0.25) is 0 Å². The molecule has 0 spiro atoms. The van der Waals surface area contributed by atoms with E-state index in [9.17, 15) is 0 Å². The van der Waals surface area contributed by atoms with Crippen LogP contribution in [0.4, 0.5) is 0 Å². The van der Waals surface area contributed by atoms with Crippen molar-refractivity contribution in [1.29, 1.82) is 0 Å².